The lowest BCUT2D eigenvalue weighted by Gasteiger charge is -2.04. The van der Waals surface area contributed by atoms with Crippen LogP contribution in [0.1, 0.15) is 15.9 Å². The van der Waals surface area contributed by atoms with Gasteiger partial charge in [-0.1, -0.05) is 6.07 Å². The van der Waals surface area contributed by atoms with Gasteiger partial charge in [0.2, 0.25) is 0 Å². The number of ether oxygens (including phenoxy) is 2. The molecule has 0 amide bonds. The van der Waals surface area contributed by atoms with Gasteiger partial charge < -0.3 is 14.5 Å². The molecule has 1 aromatic carbocycles. The van der Waals surface area contributed by atoms with Crippen molar-refractivity contribution >= 4 is 22.7 Å². The molecule has 2 aromatic rings. The first-order chi connectivity index (χ1) is 8.60. The molecule has 94 valence electrons. The summed E-state index contributed by atoms with van der Waals surface area (Å²) in [6.45, 7) is 1.86. The average molecular weight is 247 g/mol. The number of ketones is 1. The SMILES string of the molecule is COC(=O)C(=O)c1c[nH]c2c(OC)ccc(C)c12. The largest absolute Gasteiger partial charge is 0.495 e. The maximum atomic E-state index is 11.9. The molecular formula is C13H13NO4. The number of fused-ring (bicyclic) bond motifs is 1. The summed E-state index contributed by atoms with van der Waals surface area (Å²) in [4.78, 5) is 26.1. The molecule has 2 rings (SSSR count). The van der Waals surface area contributed by atoms with E-state index in [4.69, 9.17) is 4.74 Å². The molecule has 0 radical (unpaired) electrons. The molecule has 0 aliphatic carbocycles. The van der Waals surface area contributed by atoms with Crippen LogP contribution >= 0.6 is 0 Å². The van der Waals surface area contributed by atoms with Gasteiger partial charge in [0.1, 0.15) is 5.75 Å². The van der Waals surface area contributed by atoms with Crippen LogP contribution in [0.25, 0.3) is 10.9 Å². The van der Waals surface area contributed by atoms with E-state index in [-0.39, 0.29) is 0 Å². The van der Waals surface area contributed by atoms with Crippen molar-refractivity contribution in [2.45, 2.75) is 6.92 Å². The molecule has 0 fully saturated rings. The summed E-state index contributed by atoms with van der Waals surface area (Å²) in [6, 6.07) is 3.64. The van der Waals surface area contributed by atoms with Crippen LogP contribution in [0.2, 0.25) is 0 Å². The number of methoxy groups -OCH3 is 2. The van der Waals surface area contributed by atoms with Crippen LogP contribution in [0, 0.1) is 6.92 Å². The minimum absolute atomic E-state index is 0.299. The highest BCUT2D eigenvalue weighted by molar-refractivity contribution is 6.43. The van der Waals surface area contributed by atoms with Crippen molar-refractivity contribution in [2.75, 3.05) is 14.2 Å². The van der Waals surface area contributed by atoms with Gasteiger partial charge in [0.25, 0.3) is 5.78 Å². The fraction of sp³-hybridized carbons (Fsp3) is 0.231. The number of aromatic amines is 1. The second-order valence-electron chi connectivity index (χ2n) is 3.86. The molecule has 1 aromatic heterocycles. The molecule has 0 unspecified atom stereocenters. The van der Waals surface area contributed by atoms with Gasteiger partial charge in [-0.2, -0.15) is 0 Å². The van der Waals surface area contributed by atoms with E-state index >= 15 is 0 Å². The monoisotopic (exact) mass is 247 g/mol. The molecule has 0 spiro atoms. The Morgan fingerprint density at radius 3 is 2.56 bits per heavy atom. The molecule has 5 nitrogen and oxygen atoms in total. The van der Waals surface area contributed by atoms with E-state index in [2.05, 4.69) is 9.72 Å². The Morgan fingerprint density at radius 1 is 1.22 bits per heavy atom. The normalized spacial score (nSPS) is 10.4. The molecule has 0 bridgehead atoms. The predicted octanol–water partition coefficient (Wildman–Crippen LogP) is 1.84. The van der Waals surface area contributed by atoms with Crippen LogP contribution in [0.3, 0.4) is 0 Å². The zero-order valence-electron chi connectivity index (χ0n) is 10.4. The highest BCUT2D eigenvalue weighted by atomic mass is 16.5. The van der Waals surface area contributed by atoms with Crippen molar-refractivity contribution < 1.29 is 19.1 Å². The van der Waals surface area contributed by atoms with Gasteiger partial charge in [-0.3, -0.25) is 4.79 Å². The molecular weight excluding hydrogens is 234 g/mol. The zero-order chi connectivity index (χ0) is 13.3. The van der Waals surface area contributed by atoms with Gasteiger partial charge in [0, 0.05) is 11.6 Å². The van der Waals surface area contributed by atoms with Gasteiger partial charge in [-0.05, 0) is 18.6 Å². The number of carbonyl (C=O) groups is 2. The van der Waals surface area contributed by atoms with Crippen LogP contribution in [0.5, 0.6) is 5.75 Å². The summed E-state index contributed by atoms with van der Waals surface area (Å²) in [5.74, 6) is -0.919. The minimum atomic E-state index is -0.877. The van der Waals surface area contributed by atoms with Crippen molar-refractivity contribution in [3.8, 4) is 5.75 Å². The maximum Gasteiger partial charge on any atom is 0.379 e. The second-order valence-corrected chi connectivity index (χ2v) is 3.86. The van der Waals surface area contributed by atoms with Gasteiger partial charge in [0.05, 0.1) is 25.3 Å². The Bertz CT molecular complexity index is 627. The molecule has 18 heavy (non-hydrogen) atoms. The molecule has 0 saturated carbocycles. The number of nitrogens with one attached hydrogen (secondary N) is 1. The minimum Gasteiger partial charge on any atom is -0.495 e. The Hall–Kier alpha value is -2.30. The van der Waals surface area contributed by atoms with Crippen LogP contribution in [-0.2, 0) is 9.53 Å². The van der Waals surface area contributed by atoms with Gasteiger partial charge in [-0.15, -0.1) is 0 Å². The van der Waals surface area contributed by atoms with Crippen molar-refractivity contribution in [1.29, 1.82) is 0 Å². The van der Waals surface area contributed by atoms with Crippen LogP contribution in [0.4, 0.5) is 0 Å². The predicted molar refractivity (Wildman–Crippen MR) is 65.9 cm³/mol. The summed E-state index contributed by atoms with van der Waals surface area (Å²) in [5.41, 5.74) is 1.89. The molecule has 0 saturated heterocycles. The second kappa shape index (κ2) is 4.52. The molecule has 0 aliphatic heterocycles. The standard InChI is InChI=1S/C13H13NO4/c1-7-4-5-9(17-2)11-10(7)8(6-14-11)12(15)13(16)18-3/h4-6,14H,1-3H3. The lowest BCUT2D eigenvalue weighted by Crippen LogP contribution is -2.15. The highest BCUT2D eigenvalue weighted by Crippen LogP contribution is 2.30. The fourth-order valence-corrected chi connectivity index (χ4v) is 1.95. The zero-order valence-corrected chi connectivity index (χ0v) is 10.4. The fourth-order valence-electron chi connectivity index (χ4n) is 1.95. The Balaban J connectivity index is 2.67. The molecule has 1 heterocycles. The molecule has 0 aliphatic rings. The smallest absolute Gasteiger partial charge is 0.379 e. The first-order valence-corrected chi connectivity index (χ1v) is 5.37. The summed E-state index contributed by atoms with van der Waals surface area (Å²) < 4.78 is 9.65. The summed E-state index contributed by atoms with van der Waals surface area (Å²) in [5, 5.41) is 0.685. The third-order valence-electron chi connectivity index (χ3n) is 2.84. The number of Topliss-reactive ketones (excluding diaryl/α,β-unsaturated/α-hetero) is 1. The van der Waals surface area contributed by atoms with E-state index in [1.165, 1.54) is 13.3 Å². The number of rotatable bonds is 3. The van der Waals surface area contributed by atoms with E-state index in [1.54, 1.807) is 13.2 Å². The van der Waals surface area contributed by atoms with E-state index in [9.17, 15) is 9.59 Å². The van der Waals surface area contributed by atoms with E-state index in [0.717, 1.165) is 5.56 Å². The summed E-state index contributed by atoms with van der Waals surface area (Å²) >= 11 is 0. The number of benzene rings is 1. The highest BCUT2D eigenvalue weighted by Gasteiger charge is 2.22. The molecule has 0 atom stereocenters. The quantitative estimate of drug-likeness (QED) is 0.510. The van der Waals surface area contributed by atoms with Crippen molar-refractivity contribution in [1.82, 2.24) is 4.98 Å². The topological polar surface area (TPSA) is 68.4 Å². The Labute approximate surface area is 104 Å². The average Bonchev–Trinajstić information content (AvgIpc) is 2.83. The number of aryl methyl sites for hydroxylation is 1. The Kier molecular flexibility index (Phi) is 3.06. The molecule has 5 heteroatoms. The van der Waals surface area contributed by atoms with Crippen LogP contribution < -0.4 is 4.74 Å². The first kappa shape index (κ1) is 12.2. The van der Waals surface area contributed by atoms with E-state index in [1.807, 2.05) is 13.0 Å². The number of hydrogen-bond donors (Lipinski definition) is 1. The maximum absolute atomic E-state index is 11.9. The molecule has 1 N–H and O–H groups in total. The van der Waals surface area contributed by atoms with E-state index < -0.39 is 11.8 Å². The lowest BCUT2D eigenvalue weighted by molar-refractivity contribution is -0.135. The first-order valence-electron chi connectivity index (χ1n) is 5.37. The van der Waals surface area contributed by atoms with Crippen LogP contribution in [-0.4, -0.2) is 31.0 Å². The van der Waals surface area contributed by atoms with Crippen molar-refractivity contribution in [3.63, 3.8) is 0 Å². The van der Waals surface area contributed by atoms with Gasteiger partial charge in [-0.25, -0.2) is 4.79 Å². The lowest BCUT2D eigenvalue weighted by atomic mass is 10.0. The number of aromatic nitrogens is 1. The van der Waals surface area contributed by atoms with E-state index in [0.29, 0.717) is 22.2 Å². The number of carbonyl (C=O) groups excluding carboxylic acids is 2. The van der Waals surface area contributed by atoms with Crippen molar-refractivity contribution in [3.05, 3.63) is 29.5 Å². The van der Waals surface area contributed by atoms with Crippen LogP contribution in [0.15, 0.2) is 18.3 Å². The van der Waals surface area contributed by atoms with Gasteiger partial charge in [0.15, 0.2) is 0 Å². The Morgan fingerprint density at radius 2 is 1.94 bits per heavy atom. The van der Waals surface area contributed by atoms with Crippen molar-refractivity contribution in [2.24, 2.45) is 0 Å². The third kappa shape index (κ3) is 1.73. The number of esters is 1. The summed E-state index contributed by atoms with van der Waals surface area (Å²) in [7, 11) is 2.73. The number of hydrogen-bond acceptors (Lipinski definition) is 4. The third-order valence-corrected chi connectivity index (χ3v) is 2.84. The van der Waals surface area contributed by atoms with Gasteiger partial charge >= 0.3 is 5.97 Å². The summed E-state index contributed by atoms with van der Waals surface area (Å²) in [6.07, 6.45) is 1.50. The number of H-pyrrole nitrogens is 1.